The fourth-order valence-corrected chi connectivity index (χ4v) is 5.76. The Kier molecular flexibility index (Phi) is 7.05. The molecule has 0 bridgehead atoms. The smallest absolute Gasteiger partial charge is 0.264 e. The number of pyridine rings is 1. The summed E-state index contributed by atoms with van der Waals surface area (Å²) in [7, 11) is 0. The van der Waals surface area contributed by atoms with E-state index in [2.05, 4.69) is 15.1 Å². The van der Waals surface area contributed by atoms with Crippen LogP contribution in [0.4, 0.5) is 4.39 Å². The van der Waals surface area contributed by atoms with Crippen molar-refractivity contribution >= 4 is 16.9 Å². The Hall–Kier alpha value is -4.12. The predicted molar refractivity (Wildman–Crippen MR) is 144 cm³/mol. The topological polar surface area (TPSA) is 115 Å². The lowest BCUT2D eigenvalue weighted by Gasteiger charge is -2.40. The van der Waals surface area contributed by atoms with Crippen molar-refractivity contribution in [2.45, 2.75) is 56.8 Å². The highest BCUT2D eigenvalue weighted by Gasteiger charge is 2.37. The van der Waals surface area contributed by atoms with E-state index >= 15 is 0 Å². The molecule has 1 saturated heterocycles. The maximum Gasteiger partial charge on any atom is 0.264 e. The monoisotopic (exact) mass is 546 g/mol. The van der Waals surface area contributed by atoms with Gasteiger partial charge in [0.2, 0.25) is 5.91 Å². The van der Waals surface area contributed by atoms with Gasteiger partial charge < -0.3 is 14.7 Å². The van der Waals surface area contributed by atoms with Gasteiger partial charge in [-0.2, -0.15) is 9.49 Å². The number of piperidine rings is 1. The van der Waals surface area contributed by atoms with E-state index in [4.69, 9.17) is 4.74 Å². The van der Waals surface area contributed by atoms with Crippen LogP contribution in [-0.2, 0) is 11.3 Å². The van der Waals surface area contributed by atoms with Crippen LogP contribution in [0.1, 0.15) is 38.5 Å². The zero-order valence-electron chi connectivity index (χ0n) is 22.0. The van der Waals surface area contributed by atoms with E-state index in [1.54, 1.807) is 16.8 Å². The first-order valence-corrected chi connectivity index (χ1v) is 13.7. The highest BCUT2D eigenvalue weighted by atomic mass is 19.1. The molecular formula is C29H31FN6O4. The lowest BCUT2D eigenvalue weighted by Crippen LogP contribution is -2.51. The number of nitrogens with zero attached hydrogens (tertiary/aromatic N) is 6. The molecule has 0 unspecified atom stereocenters. The maximum absolute atomic E-state index is 13.8. The molecule has 6 rings (SSSR count). The highest BCUT2D eigenvalue weighted by molar-refractivity contribution is 5.79. The van der Waals surface area contributed by atoms with Gasteiger partial charge in [-0.1, -0.05) is 18.2 Å². The largest absolute Gasteiger partial charge is 0.486 e. The van der Waals surface area contributed by atoms with Gasteiger partial charge >= 0.3 is 0 Å². The van der Waals surface area contributed by atoms with Gasteiger partial charge in [-0.05, 0) is 62.8 Å². The molecule has 1 aliphatic heterocycles. The van der Waals surface area contributed by atoms with Gasteiger partial charge in [-0.15, -0.1) is 0 Å². The summed E-state index contributed by atoms with van der Waals surface area (Å²) in [5.74, 6) is -0.505. The lowest BCUT2D eigenvalue weighted by molar-refractivity contribution is -0.141. The standard InChI is InChI=1S/C29H31FN6O4/c30-25-24(7-4-14-31-25)40-22-10-8-20(9-11-22)27(37)34-15-12-29(39,13-16-34)18-35-19-32-26-23(28(35)38)17-33-36(26)21-5-2-1-3-6-21/h1-7,14,17,19-20,22,39H,8-13,15-16,18H2. The lowest BCUT2D eigenvalue weighted by atomic mass is 9.85. The molecule has 10 nitrogen and oxygen atoms in total. The molecule has 11 heteroatoms. The highest BCUT2D eigenvalue weighted by Crippen LogP contribution is 2.32. The Balaban J connectivity index is 1.05. The van der Waals surface area contributed by atoms with Crippen LogP contribution in [0.25, 0.3) is 16.7 Å². The van der Waals surface area contributed by atoms with Crippen molar-refractivity contribution in [3.63, 3.8) is 0 Å². The molecule has 208 valence electrons. The number of aromatic nitrogens is 5. The molecule has 1 saturated carbocycles. The summed E-state index contributed by atoms with van der Waals surface area (Å²) in [5, 5.41) is 16.0. The maximum atomic E-state index is 13.8. The van der Waals surface area contributed by atoms with Crippen molar-refractivity contribution in [3.05, 3.63) is 77.5 Å². The average molecular weight is 547 g/mol. The van der Waals surface area contributed by atoms with Gasteiger partial charge in [0.25, 0.3) is 11.5 Å². The van der Waals surface area contributed by atoms with Crippen molar-refractivity contribution in [1.29, 1.82) is 0 Å². The van der Waals surface area contributed by atoms with Crippen LogP contribution in [-0.4, -0.2) is 65.0 Å². The number of para-hydroxylation sites is 1. The normalized spacial score (nSPS) is 20.9. The molecular weight excluding hydrogens is 515 g/mol. The number of hydrogen-bond donors (Lipinski definition) is 1. The Morgan fingerprint density at radius 2 is 1.80 bits per heavy atom. The van der Waals surface area contributed by atoms with E-state index in [1.165, 1.54) is 23.3 Å². The summed E-state index contributed by atoms with van der Waals surface area (Å²) in [6.07, 6.45) is 7.62. The number of benzene rings is 1. The van der Waals surface area contributed by atoms with Crippen LogP contribution in [0.5, 0.6) is 5.75 Å². The zero-order valence-corrected chi connectivity index (χ0v) is 22.0. The molecule has 0 atom stereocenters. The summed E-state index contributed by atoms with van der Waals surface area (Å²) in [6.45, 7) is 0.937. The van der Waals surface area contributed by atoms with E-state index in [1.807, 2.05) is 35.2 Å². The number of rotatable bonds is 6. The predicted octanol–water partition coefficient (Wildman–Crippen LogP) is 3.11. The van der Waals surface area contributed by atoms with Crippen molar-refractivity contribution in [2.24, 2.45) is 5.92 Å². The summed E-state index contributed by atoms with van der Waals surface area (Å²) in [5.41, 5.74) is -0.110. The first-order valence-electron chi connectivity index (χ1n) is 13.7. The number of aliphatic hydroxyl groups is 1. The van der Waals surface area contributed by atoms with Gasteiger partial charge in [0.1, 0.15) is 11.7 Å². The summed E-state index contributed by atoms with van der Waals surface area (Å²) < 4.78 is 22.6. The van der Waals surface area contributed by atoms with Gasteiger partial charge in [0.05, 0.1) is 30.1 Å². The number of carbonyl (C=O) groups is 1. The molecule has 1 N–H and O–H groups in total. The van der Waals surface area contributed by atoms with E-state index < -0.39 is 11.5 Å². The minimum Gasteiger partial charge on any atom is -0.486 e. The Labute approximate surface area is 230 Å². The minimum atomic E-state index is -1.12. The Morgan fingerprint density at radius 3 is 2.52 bits per heavy atom. The minimum absolute atomic E-state index is 0.0848. The first-order chi connectivity index (χ1) is 19.4. The number of halogens is 1. The molecule has 0 spiro atoms. The SMILES string of the molecule is O=C(C1CCC(Oc2cccnc2F)CC1)N1CCC(O)(Cn2cnc3c(cnn3-c3ccccc3)c2=O)CC1. The number of fused-ring (bicyclic) bond motifs is 1. The summed E-state index contributed by atoms with van der Waals surface area (Å²) in [4.78, 5) is 36.3. The Morgan fingerprint density at radius 1 is 1.05 bits per heavy atom. The third kappa shape index (κ3) is 5.21. The summed E-state index contributed by atoms with van der Waals surface area (Å²) >= 11 is 0. The van der Waals surface area contributed by atoms with Crippen molar-refractivity contribution in [3.8, 4) is 11.4 Å². The molecule has 2 fully saturated rings. The number of hydrogen-bond acceptors (Lipinski definition) is 7. The van der Waals surface area contributed by atoms with Crippen LogP contribution in [0, 0.1) is 11.9 Å². The quantitative estimate of drug-likeness (QED) is 0.370. The molecule has 2 aliphatic rings. The van der Waals surface area contributed by atoms with Crippen molar-refractivity contribution < 1.29 is 19.0 Å². The number of carbonyl (C=O) groups excluding carboxylic acids is 1. The van der Waals surface area contributed by atoms with Crippen molar-refractivity contribution in [2.75, 3.05) is 13.1 Å². The van der Waals surface area contributed by atoms with Gasteiger partial charge in [0.15, 0.2) is 11.4 Å². The van der Waals surface area contributed by atoms with Gasteiger partial charge in [-0.3, -0.25) is 14.2 Å². The third-order valence-electron chi connectivity index (χ3n) is 8.07. The fourth-order valence-electron chi connectivity index (χ4n) is 5.76. The average Bonchev–Trinajstić information content (AvgIpc) is 3.42. The van der Waals surface area contributed by atoms with Crippen LogP contribution in [0.15, 0.2) is 66.0 Å². The Bertz CT molecular complexity index is 1560. The van der Waals surface area contributed by atoms with Crippen LogP contribution in [0.3, 0.4) is 0 Å². The number of likely N-dealkylation sites (tertiary alicyclic amines) is 1. The molecule has 3 aromatic heterocycles. The molecule has 1 aliphatic carbocycles. The molecule has 1 aromatic carbocycles. The summed E-state index contributed by atoms with van der Waals surface area (Å²) in [6, 6.07) is 12.7. The second-order valence-electron chi connectivity index (χ2n) is 10.7. The molecule has 4 aromatic rings. The second-order valence-corrected chi connectivity index (χ2v) is 10.7. The van der Waals surface area contributed by atoms with Gasteiger partial charge in [-0.25, -0.2) is 14.6 Å². The van der Waals surface area contributed by atoms with Crippen LogP contribution < -0.4 is 10.3 Å². The van der Waals surface area contributed by atoms with E-state index in [-0.39, 0.29) is 35.8 Å². The second kappa shape index (κ2) is 10.8. The molecule has 1 amide bonds. The molecule has 4 heterocycles. The van der Waals surface area contributed by atoms with Crippen LogP contribution >= 0.6 is 0 Å². The fraction of sp³-hybridized carbons (Fsp3) is 0.414. The van der Waals surface area contributed by atoms with Gasteiger partial charge in [0, 0.05) is 25.2 Å². The van der Waals surface area contributed by atoms with Crippen LogP contribution in [0.2, 0.25) is 0 Å². The zero-order chi connectivity index (χ0) is 27.7. The van der Waals surface area contributed by atoms with Crippen molar-refractivity contribution in [1.82, 2.24) is 29.2 Å². The van der Waals surface area contributed by atoms with E-state index in [0.29, 0.717) is 62.6 Å². The molecule has 0 radical (unpaired) electrons. The number of amides is 1. The third-order valence-corrected chi connectivity index (χ3v) is 8.07. The first kappa shape index (κ1) is 26.1. The van der Waals surface area contributed by atoms with E-state index in [9.17, 15) is 19.1 Å². The number of ether oxygens (including phenoxy) is 1. The molecule has 40 heavy (non-hydrogen) atoms. The van der Waals surface area contributed by atoms with E-state index in [0.717, 1.165) is 5.69 Å².